The van der Waals surface area contributed by atoms with Gasteiger partial charge in [-0.2, -0.15) is 0 Å². The highest BCUT2D eigenvalue weighted by Crippen LogP contribution is 2.44. The maximum atomic E-state index is 11.1. The van der Waals surface area contributed by atoms with Crippen molar-refractivity contribution in [3.8, 4) is 5.75 Å². The van der Waals surface area contributed by atoms with Crippen molar-refractivity contribution >= 4 is 28.6 Å². The summed E-state index contributed by atoms with van der Waals surface area (Å²) in [7, 11) is 7.87. The monoisotopic (exact) mass is 492 g/mol. The Hall–Kier alpha value is -3.48. The first-order valence-corrected chi connectivity index (χ1v) is 12.5. The minimum atomic E-state index is -0.771. The molecule has 2 heterocycles. The molecule has 0 atom stereocenters. The zero-order valence-electron chi connectivity index (χ0n) is 23.2. The number of carboxylic acid groups (broad SMARTS) is 1. The number of aliphatic imine (C=N–C) groups is 1. The van der Waals surface area contributed by atoms with E-state index in [0.29, 0.717) is 13.0 Å². The second kappa shape index (κ2) is 11.1. The number of carboxylic acids is 1. The number of aliphatic carboxylic acids is 1. The second-order valence-corrected chi connectivity index (χ2v) is 9.69. The second-order valence-electron chi connectivity index (χ2n) is 9.69. The first kappa shape index (κ1) is 27.1. The first-order chi connectivity index (χ1) is 17.0. The topological polar surface area (TPSA) is 70.3 Å². The van der Waals surface area contributed by atoms with Crippen molar-refractivity contribution in [1.82, 2.24) is 4.57 Å². The fraction of sp³-hybridized carbons (Fsp3) is 0.448. The van der Waals surface area contributed by atoms with Crippen LogP contribution in [-0.2, 0) is 11.8 Å². The third kappa shape index (κ3) is 5.35. The van der Waals surface area contributed by atoms with Crippen LogP contribution in [0.1, 0.15) is 56.1 Å². The summed E-state index contributed by atoms with van der Waals surface area (Å²) >= 11 is 0. The van der Waals surface area contributed by atoms with Gasteiger partial charge in [-0.25, -0.2) is 0 Å². The van der Waals surface area contributed by atoms with E-state index in [1.807, 2.05) is 21.0 Å². The van der Waals surface area contributed by atoms with E-state index in [9.17, 15) is 4.79 Å². The number of nitrogens with zero attached hydrogens (tertiary/aromatic N) is 4. The smallest absolute Gasteiger partial charge is 0.303 e. The van der Waals surface area contributed by atoms with Gasteiger partial charge in [0.25, 0.3) is 0 Å². The Balaban J connectivity index is 2.31. The normalized spacial score (nSPS) is 14.5. The Morgan fingerprint density at radius 2 is 1.81 bits per heavy atom. The van der Waals surface area contributed by atoms with Crippen molar-refractivity contribution in [2.45, 2.75) is 47.5 Å². The van der Waals surface area contributed by atoms with Gasteiger partial charge in [0.1, 0.15) is 5.75 Å². The van der Waals surface area contributed by atoms with Crippen molar-refractivity contribution in [3.63, 3.8) is 0 Å². The number of aryl methyl sites for hydroxylation is 2. The summed E-state index contributed by atoms with van der Waals surface area (Å²) in [5, 5.41) is 9.12. The lowest BCUT2D eigenvalue weighted by molar-refractivity contribution is -0.137. The van der Waals surface area contributed by atoms with Crippen LogP contribution in [0.5, 0.6) is 5.75 Å². The number of allylic oxidation sites excluding steroid dienone is 2. The lowest BCUT2D eigenvalue weighted by Crippen LogP contribution is -2.27. The average Bonchev–Trinajstić information content (AvgIpc) is 3.27. The van der Waals surface area contributed by atoms with Crippen LogP contribution in [0.3, 0.4) is 0 Å². The summed E-state index contributed by atoms with van der Waals surface area (Å²) in [6.45, 7) is 11.9. The Labute approximate surface area is 215 Å². The molecule has 36 heavy (non-hydrogen) atoms. The number of anilines is 2. The van der Waals surface area contributed by atoms with Crippen LogP contribution in [0.2, 0.25) is 0 Å². The maximum absolute atomic E-state index is 11.1. The van der Waals surface area contributed by atoms with Crippen LogP contribution in [0.25, 0.3) is 5.57 Å². The predicted molar refractivity (Wildman–Crippen MR) is 150 cm³/mol. The van der Waals surface area contributed by atoms with Gasteiger partial charge in [0.05, 0.1) is 29.9 Å². The van der Waals surface area contributed by atoms with Gasteiger partial charge >= 0.3 is 5.97 Å². The molecule has 2 aromatic rings. The number of rotatable bonds is 10. The molecule has 0 amide bonds. The highest BCUT2D eigenvalue weighted by atomic mass is 16.5. The van der Waals surface area contributed by atoms with E-state index in [1.165, 1.54) is 11.3 Å². The van der Waals surface area contributed by atoms with Gasteiger partial charge in [-0.05, 0) is 70.4 Å². The molecule has 7 heteroatoms. The van der Waals surface area contributed by atoms with E-state index in [1.54, 1.807) is 7.11 Å². The average molecular weight is 493 g/mol. The zero-order chi connectivity index (χ0) is 26.7. The number of carbonyl (C=O) groups is 1. The molecule has 1 aromatic carbocycles. The molecular weight excluding hydrogens is 452 g/mol. The Bertz CT molecular complexity index is 1250. The van der Waals surface area contributed by atoms with Crippen LogP contribution in [0.4, 0.5) is 11.4 Å². The van der Waals surface area contributed by atoms with Gasteiger partial charge in [0.15, 0.2) is 0 Å². The number of aromatic nitrogens is 1. The summed E-state index contributed by atoms with van der Waals surface area (Å²) in [4.78, 5) is 20.4. The minimum absolute atomic E-state index is 0.147. The number of hydrogen-bond acceptors (Lipinski definition) is 5. The summed E-state index contributed by atoms with van der Waals surface area (Å²) in [6.07, 6.45) is 2.85. The van der Waals surface area contributed by atoms with Gasteiger partial charge in [-0.3, -0.25) is 9.79 Å². The van der Waals surface area contributed by atoms with E-state index >= 15 is 0 Å². The van der Waals surface area contributed by atoms with Crippen molar-refractivity contribution < 1.29 is 14.6 Å². The fourth-order valence-electron chi connectivity index (χ4n) is 4.99. The van der Waals surface area contributed by atoms with Gasteiger partial charge in [-0.15, -0.1) is 0 Å². The molecule has 3 rings (SSSR count). The Kier molecular flexibility index (Phi) is 8.33. The van der Waals surface area contributed by atoms with Crippen LogP contribution in [0.15, 0.2) is 40.5 Å². The van der Waals surface area contributed by atoms with Crippen molar-refractivity contribution in [2.24, 2.45) is 12.0 Å². The fourth-order valence-corrected chi connectivity index (χ4v) is 4.99. The molecule has 0 saturated heterocycles. The summed E-state index contributed by atoms with van der Waals surface area (Å²) in [5.41, 5.74) is 10.7. The van der Waals surface area contributed by atoms with E-state index in [-0.39, 0.29) is 6.42 Å². The molecule has 1 aliphatic rings. The molecule has 1 aromatic heterocycles. The first-order valence-electron chi connectivity index (χ1n) is 12.5. The molecule has 1 aliphatic heterocycles. The molecule has 0 unspecified atom stereocenters. The number of benzene rings is 1. The molecular formula is C29H40N4O3. The lowest BCUT2D eigenvalue weighted by Gasteiger charge is -2.30. The largest absolute Gasteiger partial charge is 0.496 e. The highest BCUT2D eigenvalue weighted by molar-refractivity contribution is 6.02. The van der Waals surface area contributed by atoms with E-state index in [0.717, 1.165) is 57.5 Å². The van der Waals surface area contributed by atoms with Crippen LogP contribution >= 0.6 is 0 Å². The van der Waals surface area contributed by atoms with Crippen LogP contribution in [-0.4, -0.2) is 55.6 Å². The minimum Gasteiger partial charge on any atom is -0.496 e. The van der Waals surface area contributed by atoms with Gasteiger partial charge < -0.3 is 24.2 Å². The Morgan fingerprint density at radius 3 is 2.28 bits per heavy atom. The van der Waals surface area contributed by atoms with Gasteiger partial charge in [-0.1, -0.05) is 0 Å². The molecule has 194 valence electrons. The van der Waals surface area contributed by atoms with E-state index in [4.69, 9.17) is 14.8 Å². The Morgan fingerprint density at radius 1 is 1.11 bits per heavy atom. The molecule has 0 spiro atoms. The third-order valence-electron chi connectivity index (χ3n) is 6.81. The van der Waals surface area contributed by atoms with E-state index < -0.39 is 5.97 Å². The van der Waals surface area contributed by atoms with Crippen molar-refractivity contribution in [2.75, 3.05) is 44.1 Å². The van der Waals surface area contributed by atoms with Gasteiger partial charge in [0, 0.05) is 69.3 Å². The zero-order valence-corrected chi connectivity index (χ0v) is 23.2. The van der Waals surface area contributed by atoms with Crippen LogP contribution < -0.4 is 14.5 Å². The van der Waals surface area contributed by atoms with Crippen LogP contribution in [0, 0.1) is 13.8 Å². The summed E-state index contributed by atoms with van der Waals surface area (Å²) < 4.78 is 8.24. The molecule has 7 nitrogen and oxygen atoms in total. The highest BCUT2D eigenvalue weighted by Gasteiger charge is 2.26. The lowest BCUT2D eigenvalue weighted by atomic mass is 9.93. The quantitative estimate of drug-likeness (QED) is 0.468. The third-order valence-corrected chi connectivity index (χ3v) is 6.81. The predicted octanol–water partition coefficient (Wildman–Crippen LogP) is 5.59. The maximum Gasteiger partial charge on any atom is 0.303 e. The van der Waals surface area contributed by atoms with Gasteiger partial charge in [0.2, 0.25) is 0 Å². The van der Waals surface area contributed by atoms with E-state index in [2.05, 4.69) is 73.4 Å². The van der Waals surface area contributed by atoms with Crippen molar-refractivity contribution in [1.29, 1.82) is 0 Å². The molecule has 0 fully saturated rings. The molecule has 0 aliphatic carbocycles. The molecule has 0 radical (unpaired) electrons. The number of hydrogen-bond donors (Lipinski definition) is 1. The number of ether oxygens (including phenoxy) is 1. The molecule has 0 saturated carbocycles. The SMILES string of the molecule is CCN(CCCC(=O)O)c1cc(OC)c(/C(=C2/N=C(C)C=C2C)c2c(C)cc(C)n2C)cc1N(C)C. The summed E-state index contributed by atoms with van der Waals surface area (Å²) in [5.74, 6) is -0.00672. The molecule has 1 N–H and O–H groups in total. The summed E-state index contributed by atoms with van der Waals surface area (Å²) in [6, 6.07) is 6.48. The van der Waals surface area contributed by atoms with Crippen molar-refractivity contribution in [3.05, 3.63) is 58.1 Å². The standard InChI is InChI=1S/C29H40N4O3/c1-10-33(13-11-12-26(34)35)24-17-25(36-9)22(16-23(24)31(6)7)27(28-18(2)14-20(4)30-28)29-19(3)15-21(5)32(29)8/h14-17H,10-13H2,1-9H3,(H,34,35)/b28-27-. The molecule has 0 bridgehead atoms. The number of methoxy groups -OCH3 is 1.